The standard InChI is InChI=1S/C21H23N3O6/c1-28-15-5-6-16(18(12-15)24(26)27)22-21(25)13-23-8-2-3-17(23)14-4-7-19-20(11-14)30-10-9-29-19/h4-7,11-12,17H,2-3,8-10,13H2,1H3,(H,22,25)/t17-/m0/s1. The van der Waals surface area contributed by atoms with Crippen molar-refractivity contribution in [1.29, 1.82) is 0 Å². The summed E-state index contributed by atoms with van der Waals surface area (Å²) in [6.45, 7) is 1.98. The molecule has 4 rings (SSSR count). The van der Waals surface area contributed by atoms with Gasteiger partial charge in [-0.25, -0.2) is 0 Å². The fourth-order valence-corrected chi connectivity index (χ4v) is 3.93. The predicted molar refractivity (Wildman–Crippen MR) is 109 cm³/mol. The Morgan fingerprint density at radius 3 is 2.80 bits per heavy atom. The summed E-state index contributed by atoms with van der Waals surface area (Å²) in [4.78, 5) is 25.5. The number of hydrogen-bond acceptors (Lipinski definition) is 7. The van der Waals surface area contributed by atoms with E-state index in [1.54, 1.807) is 6.07 Å². The Kier molecular flexibility index (Phi) is 5.71. The van der Waals surface area contributed by atoms with Gasteiger partial charge in [-0.15, -0.1) is 0 Å². The lowest BCUT2D eigenvalue weighted by atomic mass is 10.0. The maximum Gasteiger partial charge on any atom is 0.296 e. The normalized spacial score (nSPS) is 18.1. The first-order valence-electron chi connectivity index (χ1n) is 9.81. The average Bonchev–Trinajstić information content (AvgIpc) is 3.21. The average molecular weight is 413 g/mol. The van der Waals surface area contributed by atoms with Crippen molar-refractivity contribution in [3.05, 3.63) is 52.1 Å². The van der Waals surface area contributed by atoms with Crippen molar-refractivity contribution < 1.29 is 23.9 Å². The third kappa shape index (κ3) is 4.16. The number of carbonyl (C=O) groups excluding carboxylic acids is 1. The molecule has 30 heavy (non-hydrogen) atoms. The van der Waals surface area contributed by atoms with E-state index in [0.717, 1.165) is 36.4 Å². The maximum absolute atomic E-state index is 12.7. The van der Waals surface area contributed by atoms with Crippen LogP contribution in [0.15, 0.2) is 36.4 Å². The van der Waals surface area contributed by atoms with Gasteiger partial charge in [-0.05, 0) is 49.2 Å². The molecule has 0 aliphatic carbocycles. The summed E-state index contributed by atoms with van der Waals surface area (Å²) < 4.78 is 16.3. The number of amides is 1. The summed E-state index contributed by atoms with van der Waals surface area (Å²) in [5, 5.41) is 14.0. The van der Waals surface area contributed by atoms with Crippen LogP contribution in [0.5, 0.6) is 17.2 Å². The van der Waals surface area contributed by atoms with Gasteiger partial charge in [0.1, 0.15) is 24.7 Å². The Morgan fingerprint density at radius 1 is 1.23 bits per heavy atom. The quantitative estimate of drug-likeness (QED) is 0.573. The monoisotopic (exact) mass is 413 g/mol. The first kappa shape index (κ1) is 20.0. The number of likely N-dealkylation sites (tertiary alicyclic amines) is 1. The second-order valence-corrected chi connectivity index (χ2v) is 7.22. The van der Waals surface area contributed by atoms with Crippen LogP contribution in [0.2, 0.25) is 0 Å². The van der Waals surface area contributed by atoms with Crippen molar-refractivity contribution in [3.8, 4) is 17.2 Å². The number of methoxy groups -OCH3 is 1. The van der Waals surface area contributed by atoms with Crippen LogP contribution in [-0.4, -0.2) is 49.1 Å². The number of carbonyl (C=O) groups is 1. The minimum absolute atomic E-state index is 0.0810. The van der Waals surface area contributed by atoms with Crippen molar-refractivity contribution in [2.45, 2.75) is 18.9 Å². The molecule has 1 saturated heterocycles. The summed E-state index contributed by atoms with van der Waals surface area (Å²) in [6.07, 6.45) is 1.89. The Bertz CT molecular complexity index is 964. The van der Waals surface area contributed by atoms with Crippen molar-refractivity contribution in [2.75, 3.05) is 38.7 Å². The number of benzene rings is 2. The molecule has 158 valence electrons. The van der Waals surface area contributed by atoms with Crippen molar-refractivity contribution in [3.63, 3.8) is 0 Å². The third-order valence-corrected chi connectivity index (χ3v) is 5.34. The molecular formula is C21H23N3O6. The number of anilines is 1. The third-order valence-electron chi connectivity index (χ3n) is 5.34. The van der Waals surface area contributed by atoms with Gasteiger partial charge in [-0.1, -0.05) is 6.07 Å². The molecule has 9 heteroatoms. The number of hydrogen-bond donors (Lipinski definition) is 1. The number of nitro groups is 1. The highest BCUT2D eigenvalue weighted by Gasteiger charge is 2.29. The molecule has 0 radical (unpaired) electrons. The molecule has 1 fully saturated rings. The van der Waals surface area contributed by atoms with Crippen LogP contribution in [0.3, 0.4) is 0 Å². The predicted octanol–water partition coefficient (Wildman–Crippen LogP) is 3.15. The van der Waals surface area contributed by atoms with Crippen LogP contribution in [0.1, 0.15) is 24.4 Å². The molecule has 9 nitrogen and oxygen atoms in total. The lowest BCUT2D eigenvalue weighted by Crippen LogP contribution is -2.33. The number of ether oxygens (including phenoxy) is 3. The van der Waals surface area contributed by atoms with E-state index in [1.165, 1.54) is 19.2 Å². The Labute approximate surface area is 173 Å². The molecule has 0 unspecified atom stereocenters. The van der Waals surface area contributed by atoms with Crippen LogP contribution < -0.4 is 19.5 Å². The SMILES string of the molecule is COc1ccc(NC(=O)CN2CCC[C@H]2c2ccc3c(c2)OCCO3)c([N+](=O)[O-])c1. The van der Waals surface area contributed by atoms with E-state index in [0.29, 0.717) is 19.0 Å². The number of nitrogens with zero attached hydrogens (tertiary/aromatic N) is 2. The van der Waals surface area contributed by atoms with Crippen molar-refractivity contribution in [2.24, 2.45) is 0 Å². The summed E-state index contributed by atoms with van der Waals surface area (Å²) in [7, 11) is 1.43. The van der Waals surface area contributed by atoms with Crippen molar-refractivity contribution >= 4 is 17.3 Å². The smallest absolute Gasteiger partial charge is 0.296 e. The van der Waals surface area contributed by atoms with Gasteiger partial charge < -0.3 is 19.5 Å². The van der Waals surface area contributed by atoms with Crippen LogP contribution in [0.4, 0.5) is 11.4 Å². The molecule has 2 aliphatic rings. The topological polar surface area (TPSA) is 103 Å². The van der Waals surface area contributed by atoms with Gasteiger partial charge in [0.25, 0.3) is 5.69 Å². The zero-order valence-corrected chi connectivity index (χ0v) is 16.6. The highest BCUT2D eigenvalue weighted by atomic mass is 16.6. The van der Waals surface area contributed by atoms with Crippen LogP contribution in [-0.2, 0) is 4.79 Å². The molecule has 0 bridgehead atoms. The lowest BCUT2D eigenvalue weighted by Gasteiger charge is -2.26. The van der Waals surface area contributed by atoms with E-state index in [-0.39, 0.29) is 29.9 Å². The summed E-state index contributed by atoms with van der Waals surface area (Å²) >= 11 is 0. The van der Waals surface area contributed by atoms with Crippen LogP contribution in [0, 0.1) is 10.1 Å². The number of nitrogens with one attached hydrogen (secondary N) is 1. The summed E-state index contributed by atoms with van der Waals surface area (Å²) in [6, 6.07) is 10.3. The highest BCUT2D eigenvalue weighted by Crippen LogP contribution is 2.38. The molecule has 1 amide bonds. The molecule has 0 spiro atoms. The minimum atomic E-state index is -0.536. The van der Waals surface area contributed by atoms with E-state index in [2.05, 4.69) is 10.2 Å². The first-order valence-corrected chi connectivity index (χ1v) is 9.81. The van der Waals surface area contributed by atoms with E-state index in [9.17, 15) is 14.9 Å². The summed E-state index contributed by atoms with van der Waals surface area (Å²) in [5.41, 5.74) is 1.02. The Morgan fingerprint density at radius 2 is 2.03 bits per heavy atom. The van der Waals surface area contributed by atoms with E-state index in [1.807, 2.05) is 18.2 Å². The van der Waals surface area contributed by atoms with Gasteiger partial charge in [0, 0.05) is 6.04 Å². The lowest BCUT2D eigenvalue weighted by molar-refractivity contribution is -0.384. The fourth-order valence-electron chi connectivity index (χ4n) is 3.93. The summed E-state index contributed by atoms with van der Waals surface area (Å²) in [5.74, 6) is 1.52. The van der Waals surface area contributed by atoms with Gasteiger partial charge in [0.2, 0.25) is 5.91 Å². The molecular weight excluding hydrogens is 390 g/mol. The second-order valence-electron chi connectivity index (χ2n) is 7.22. The van der Waals surface area contributed by atoms with E-state index in [4.69, 9.17) is 14.2 Å². The van der Waals surface area contributed by atoms with Gasteiger partial charge in [-0.2, -0.15) is 0 Å². The van der Waals surface area contributed by atoms with Gasteiger partial charge in [0.05, 0.1) is 24.6 Å². The zero-order chi connectivity index (χ0) is 21.1. The van der Waals surface area contributed by atoms with Crippen LogP contribution >= 0.6 is 0 Å². The molecule has 2 aliphatic heterocycles. The Hall–Kier alpha value is -3.33. The molecule has 2 aromatic rings. The highest BCUT2D eigenvalue weighted by molar-refractivity contribution is 5.94. The molecule has 0 saturated carbocycles. The largest absolute Gasteiger partial charge is 0.496 e. The zero-order valence-electron chi connectivity index (χ0n) is 16.6. The first-order chi connectivity index (χ1) is 14.5. The van der Waals surface area contributed by atoms with E-state index >= 15 is 0 Å². The van der Waals surface area contributed by atoms with E-state index < -0.39 is 4.92 Å². The second kappa shape index (κ2) is 8.58. The number of fused-ring (bicyclic) bond motifs is 1. The Balaban J connectivity index is 1.46. The fraction of sp³-hybridized carbons (Fsp3) is 0.381. The number of rotatable bonds is 6. The molecule has 1 N–H and O–H groups in total. The molecule has 2 heterocycles. The minimum Gasteiger partial charge on any atom is -0.496 e. The number of nitro benzene ring substituents is 1. The van der Waals surface area contributed by atoms with Gasteiger partial charge in [0.15, 0.2) is 11.5 Å². The van der Waals surface area contributed by atoms with Crippen LogP contribution in [0.25, 0.3) is 0 Å². The molecule has 1 atom stereocenters. The molecule has 2 aromatic carbocycles. The van der Waals surface area contributed by atoms with Crippen molar-refractivity contribution in [1.82, 2.24) is 4.90 Å². The maximum atomic E-state index is 12.7. The molecule has 0 aromatic heterocycles. The van der Waals surface area contributed by atoms with Gasteiger partial charge >= 0.3 is 0 Å². The van der Waals surface area contributed by atoms with Gasteiger partial charge in [-0.3, -0.25) is 19.8 Å².